The van der Waals surface area contributed by atoms with Crippen molar-refractivity contribution in [3.05, 3.63) is 40.9 Å². The number of aryl methyl sites for hydroxylation is 1. The second-order valence-corrected chi connectivity index (χ2v) is 7.38. The van der Waals surface area contributed by atoms with Crippen molar-refractivity contribution in [3.63, 3.8) is 0 Å². The summed E-state index contributed by atoms with van der Waals surface area (Å²) in [6, 6.07) is 0. The van der Waals surface area contributed by atoms with Crippen molar-refractivity contribution < 1.29 is 8.91 Å². The SMILES string of the molecule is Cc1ncc2c(c1-c1noc(C3CCC3)n1)CCN(c1ncc(F)c(N)n1)C2. The molecule has 1 aliphatic heterocycles. The molecule has 3 aromatic rings. The minimum Gasteiger partial charge on any atom is -0.381 e. The highest BCUT2D eigenvalue weighted by atomic mass is 19.1. The van der Waals surface area contributed by atoms with Crippen molar-refractivity contribution >= 4 is 11.8 Å². The Morgan fingerprint density at radius 1 is 1.21 bits per heavy atom. The summed E-state index contributed by atoms with van der Waals surface area (Å²) in [5, 5.41) is 4.23. The lowest BCUT2D eigenvalue weighted by Crippen LogP contribution is -2.32. The first-order valence-electron chi connectivity index (χ1n) is 9.44. The molecule has 144 valence electrons. The molecule has 0 bridgehead atoms. The summed E-state index contributed by atoms with van der Waals surface area (Å²) in [4.78, 5) is 19.3. The molecule has 8 nitrogen and oxygen atoms in total. The van der Waals surface area contributed by atoms with Gasteiger partial charge in [0, 0.05) is 36.5 Å². The van der Waals surface area contributed by atoms with Gasteiger partial charge in [0.2, 0.25) is 17.7 Å². The largest absolute Gasteiger partial charge is 0.381 e. The van der Waals surface area contributed by atoms with E-state index in [1.807, 2.05) is 18.0 Å². The second-order valence-electron chi connectivity index (χ2n) is 7.38. The maximum Gasteiger partial charge on any atom is 0.230 e. The summed E-state index contributed by atoms with van der Waals surface area (Å²) < 4.78 is 18.9. The van der Waals surface area contributed by atoms with Crippen LogP contribution in [-0.2, 0) is 13.0 Å². The molecule has 9 heteroatoms. The molecule has 2 aliphatic rings. The van der Waals surface area contributed by atoms with Crippen LogP contribution in [0.15, 0.2) is 16.9 Å². The quantitative estimate of drug-likeness (QED) is 0.738. The van der Waals surface area contributed by atoms with Gasteiger partial charge in [-0.1, -0.05) is 11.6 Å². The van der Waals surface area contributed by atoms with Crippen molar-refractivity contribution in [2.45, 2.75) is 45.1 Å². The summed E-state index contributed by atoms with van der Waals surface area (Å²) >= 11 is 0. The predicted molar refractivity (Wildman–Crippen MR) is 100 cm³/mol. The summed E-state index contributed by atoms with van der Waals surface area (Å²) in [5.41, 5.74) is 9.64. The van der Waals surface area contributed by atoms with Gasteiger partial charge >= 0.3 is 0 Å². The number of hydrogen-bond donors (Lipinski definition) is 1. The van der Waals surface area contributed by atoms with Gasteiger partial charge in [-0.25, -0.2) is 9.37 Å². The average Bonchev–Trinajstić information content (AvgIpc) is 3.11. The Balaban J connectivity index is 1.48. The van der Waals surface area contributed by atoms with Gasteiger partial charge in [-0.2, -0.15) is 9.97 Å². The Hall–Kier alpha value is -3.10. The van der Waals surface area contributed by atoms with Gasteiger partial charge in [0.1, 0.15) is 0 Å². The van der Waals surface area contributed by atoms with Crippen LogP contribution < -0.4 is 10.6 Å². The number of rotatable bonds is 3. The van der Waals surface area contributed by atoms with Gasteiger partial charge in [0.25, 0.3) is 0 Å². The molecular weight excluding hydrogens is 361 g/mol. The van der Waals surface area contributed by atoms with E-state index in [-0.39, 0.29) is 5.82 Å². The molecule has 3 aromatic heterocycles. The standard InChI is InChI=1S/C19H20FN7O/c1-10-15(17-25-18(28-26-17)11-3-2-4-11)13-5-6-27(9-12(13)7-22-10)19-23-8-14(20)16(21)24-19/h7-8,11H,2-6,9H2,1H3,(H2,21,23,24). The van der Waals surface area contributed by atoms with E-state index in [1.54, 1.807) is 0 Å². The molecular formula is C19H20FN7O. The smallest absolute Gasteiger partial charge is 0.230 e. The predicted octanol–water partition coefficient (Wildman–Crippen LogP) is 2.78. The molecule has 5 rings (SSSR count). The van der Waals surface area contributed by atoms with Crippen LogP contribution in [0.25, 0.3) is 11.4 Å². The molecule has 28 heavy (non-hydrogen) atoms. The van der Waals surface area contributed by atoms with Gasteiger partial charge in [-0.05, 0) is 37.3 Å². The molecule has 2 N–H and O–H groups in total. The van der Waals surface area contributed by atoms with Gasteiger partial charge in [0.15, 0.2) is 11.6 Å². The first kappa shape index (κ1) is 17.0. The highest BCUT2D eigenvalue weighted by Gasteiger charge is 2.29. The number of aromatic nitrogens is 5. The monoisotopic (exact) mass is 381 g/mol. The number of nitrogens with zero attached hydrogens (tertiary/aromatic N) is 6. The number of fused-ring (bicyclic) bond motifs is 1. The molecule has 1 fully saturated rings. The molecule has 0 atom stereocenters. The van der Waals surface area contributed by atoms with Crippen molar-refractivity contribution in [3.8, 4) is 11.4 Å². The number of hydrogen-bond acceptors (Lipinski definition) is 8. The lowest BCUT2D eigenvalue weighted by molar-refractivity contribution is 0.292. The van der Waals surface area contributed by atoms with Crippen molar-refractivity contribution in [2.75, 3.05) is 17.2 Å². The topological polar surface area (TPSA) is 107 Å². The fourth-order valence-corrected chi connectivity index (χ4v) is 3.80. The van der Waals surface area contributed by atoms with Gasteiger partial charge in [-0.3, -0.25) is 4.98 Å². The highest BCUT2D eigenvalue weighted by Crippen LogP contribution is 2.37. The van der Waals surface area contributed by atoms with Crippen molar-refractivity contribution in [2.24, 2.45) is 0 Å². The number of pyridine rings is 1. The zero-order chi connectivity index (χ0) is 19.3. The van der Waals surface area contributed by atoms with Crippen LogP contribution in [0.3, 0.4) is 0 Å². The first-order valence-corrected chi connectivity index (χ1v) is 9.44. The molecule has 0 aromatic carbocycles. The Kier molecular flexibility index (Phi) is 3.96. The molecule has 0 unspecified atom stereocenters. The van der Waals surface area contributed by atoms with Gasteiger partial charge in [0.05, 0.1) is 6.20 Å². The molecule has 4 heterocycles. The lowest BCUT2D eigenvalue weighted by Gasteiger charge is -2.30. The van der Waals surface area contributed by atoms with E-state index >= 15 is 0 Å². The minimum atomic E-state index is -0.611. The third kappa shape index (κ3) is 2.78. The number of nitrogens with two attached hydrogens (primary N) is 1. The zero-order valence-corrected chi connectivity index (χ0v) is 15.5. The van der Waals surface area contributed by atoms with Gasteiger partial charge < -0.3 is 15.2 Å². The summed E-state index contributed by atoms with van der Waals surface area (Å²) in [6.45, 7) is 3.21. The summed E-state index contributed by atoms with van der Waals surface area (Å²) in [7, 11) is 0. The van der Waals surface area contributed by atoms with Crippen LogP contribution >= 0.6 is 0 Å². The Bertz CT molecular complexity index is 1050. The van der Waals surface area contributed by atoms with Crippen LogP contribution in [0.4, 0.5) is 16.2 Å². The van der Waals surface area contributed by atoms with Crippen LogP contribution in [0.1, 0.15) is 47.9 Å². The Morgan fingerprint density at radius 3 is 2.82 bits per heavy atom. The van der Waals surface area contributed by atoms with E-state index in [0.29, 0.717) is 30.8 Å². The van der Waals surface area contributed by atoms with E-state index in [1.165, 1.54) is 12.0 Å². The zero-order valence-electron chi connectivity index (χ0n) is 15.5. The lowest BCUT2D eigenvalue weighted by atomic mass is 9.85. The number of nitrogen functional groups attached to an aromatic ring is 1. The molecule has 1 aliphatic carbocycles. The first-order chi connectivity index (χ1) is 13.6. The molecule has 0 amide bonds. The molecule has 0 radical (unpaired) electrons. The minimum absolute atomic E-state index is 0.145. The Morgan fingerprint density at radius 2 is 2.07 bits per heavy atom. The molecule has 0 saturated heterocycles. The molecule has 1 saturated carbocycles. The van der Waals surface area contributed by atoms with E-state index < -0.39 is 5.82 Å². The number of anilines is 2. The van der Waals surface area contributed by atoms with Gasteiger partial charge in [-0.15, -0.1) is 0 Å². The third-order valence-corrected chi connectivity index (χ3v) is 5.62. The Labute approximate surface area is 161 Å². The average molecular weight is 381 g/mol. The van der Waals surface area contributed by atoms with Crippen molar-refractivity contribution in [1.29, 1.82) is 0 Å². The van der Waals surface area contributed by atoms with E-state index in [9.17, 15) is 4.39 Å². The highest BCUT2D eigenvalue weighted by molar-refractivity contribution is 5.65. The van der Waals surface area contributed by atoms with Crippen LogP contribution in [0, 0.1) is 12.7 Å². The van der Waals surface area contributed by atoms with Crippen LogP contribution in [0.2, 0.25) is 0 Å². The number of halogens is 1. The van der Waals surface area contributed by atoms with Crippen LogP contribution in [0.5, 0.6) is 0 Å². The second kappa shape index (κ2) is 6.50. The van der Waals surface area contributed by atoms with E-state index in [4.69, 9.17) is 10.3 Å². The van der Waals surface area contributed by atoms with Crippen LogP contribution in [-0.4, -0.2) is 31.6 Å². The summed E-state index contributed by atoms with van der Waals surface area (Å²) in [6.07, 6.45) is 7.16. The van der Waals surface area contributed by atoms with Crippen molar-refractivity contribution in [1.82, 2.24) is 25.1 Å². The van der Waals surface area contributed by atoms with E-state index in [0.717, 1.165) is 48.2 Å². The fraction of sp³-hybridized carbons (Fsp3) is 0.421. The third-order valence-electron chi connectivity index (χ3n) is 5.62. The molecule has 0 spiro atoms. The maximum absolute atomic E-state index is 13.4. The fourth-order valence-electron chi connectivity index (χ4n) is 3.80. The summed E-state index contributed by atoms with van der Waals surface area (Å²) in [5.74, 6) is 1.39. The van der Waals surface area contributed by atoms with E-state index in [2.05, 4.69) is 25.1 Å². The maximum atomic E-state index is 13.4. The normalized spacial score (nSPS) is 16.7.